The monoisotopic (exact) mass is 601 g/mol. The van der Waals surface area contributed by atoms with Crippen molar-refractivity contribution < 1.29 is 14.0 Å². The Hall–Kier alpha value is -4.25. The minimum Gasteiger partial charge on any atom is -0.465 e. The van der Waals surface area contributed by atoms with Crippen molar-refractivity contribution in [2.75, 3.05) is 16.0 Å². The van der Waals surface area contributed by atoms with Gasteiger partial charge in [-0.3, -0.25) is 14.5 Å². The molecule has 4 heterocycles. The number of benzene rings is 1. The van der Waals surface area contributed by atoms with Gasteiger partial charge >= 0.3 is 0 Å². The predicted octanol–water partition coefficient (Wildman–Crippen LogP) is 5.60. The number of carbonyl (C=O) groups excluding carboxylic acids is 2. The summed E-state index contributed by atoms with van der Waals surface area (Å²) in [6.07, 6.45) is 1.65. The third kappa shape index (κ3) is 5.29. The quantitative estimate of drug-likeness (QED) is 0.256. The molecule has 1 amide bonds. The highest BCUT2D eigenvalue weighted by Crippen LogP contribution is 2.47. The summed E-state index contributed by atoms with van der Waals surface area (Å²) in [7, 11) is 0. The summed E-state index contributed by atoms with van der Waals surface area (Å²) in [4.78, 5) is 32.0. The fraction of sp³-hybridized carbons (Fsp3) is 0.214. The third-order valence-electron chi connectivity index (χ3n) is 6.69. The minimum atomic E-state index is -0.661. The number of nitrogens with one attached hydrogen (secondary N) is 1. The van der Waals surface area contributed by atoms with Gasteiger partial charge in [-0.1, -0.05) is 53.4 Å². The van der Waals surface area contributed by atoms with E-state index in [1.165, 1.54) is 34.4 Å². The van der Waals surface area contributed by atoms with E-state index < -0.39 is 5.92 Å². The number of allylic oxidation sites excluding steroid dienone is 3. The lowest BCUT2D eigenvalue weighted by atomic mass is 9.78. The highest BCUT2D eigenvalue weighted by molar-refractivity contribution is 8.01. The highest BCUT2D eigenvalue weighted by atomic mass is 32.2. The molecule has 0 saturated heterocycles. The Labute approximate surface area is 247 Å². The molecule has 0 fully saturated rings. The van der Waals surface area contributed by atoms with Crippen LogP contribution in [-0.4, -0.2) is 32.6 Å². The van der Waals surface area contributed by atoms with E-state index >= 15 is 0 Å². The van der Waals surface area contributed by atoms with Crippen LogP contribution in [0.15, 0.2) is 79.3 Å². The maximum absolute atomic E-state index is 13.2. The van der Waals surface area contributed by atoms with Gasteiger partial charge in [-0.15, -0.1) is 21.5 Å². The number of nitrogens with two attached hydrogens (primary N) is 1. The van der Waals surface area contributed by atoms with Gasteiger partial charge in [0.25, 0.3) is 0 Å². The van der Waals surface area contributed by atoms with Gasteiger partial charge in [-0.2, -0.15) is 5.26 Å². The summed E-state index contributed by atoms with van der Waals surface area (Å²) < 4.78 is 6.40. The summed E-state index contributed by atoms with van der Waals surface area (Å²) in [6, 6.07) is 15.6. The number of aryl methyl sites for hydroxylation is 1. The van der Waals surface area contributed by atoms with Crippen LogP contribution in [0.2, 0.25) is 0 Å². The van der Waals surface area contributed by atoms with Crippen LogP contribution < -0.4 is 16.0 Å². The van der Waals surface area contributed by atoms with E-state index in [0.717, 1.165) is 11.3 Å². The molecule has 206 valence electrons. The number of carbonyl (C=O) groups is 2. The Morgan fingerprint density at radius 1 is 1.24 bits per heavy atom. The zero-order valence-corrected chi connectivity index (χ0v) is 24.2. The van der Waals surface area contributed by atoms with Crippen molar-refractivity contribution in [2.24, 2.45) is 5.73 Å². The van der Waals surface area contributed by atoms with E-state index in [1.807, 2.05) is 48.7 Å². The molecule has 1 aliphatic heterocycles. The molecule has 2 aliphatic rings. The normalized spacial score (nSPS) is 17.0. The molecule has 3 N–H and O–H groups in total. The Bertz CT molecular complexity index is 1750. The Balaban J connectivity index is 1.20. The molecule has 0 radical (unpaired) electrons. The molecule has 10 nitrogen and oxygen atoms in total. The van der Waals surface area contributed by atoms with Gasteiger partial charge in [0.2, 0.25) is 11.0 Å². The number of furan rings is 1. The number of thioether (sulfide) groups is 1. The number of aromatic nitrogens is 3. The van der Waals surface area contributed by atoms with Crippen LogP contribution in [0.4, 0.5) is 10.3 Å². The van der Waals surface area contributed by atoms with Crippen LogP contribution in [0.5, 0.6) is 0 Å². The highest BCUT2D eigenvalue weighted by Gasteiger charge is 2.42. The smallest absolute Gasteiger partial charge is 0.236 e. The SMILES string of the molecule is Cc1ccc(C2C(C#N)=C(N)N(c3nnc(SCC(=O)Nc4nc(-c5ccccc5)cs4)s3)C3=C2C(=O)CCC3)o1. The van der Waals surface area contributed by atoms with E-state index in [4.69, 9.17) is 10.2 Å². The number of anilines is 2. The van der Waals surface area contributed by atoms with Crippen molar-refractivity contribution in [2.45, 2.75) is 36.4 Å². The number of hydrogen-bond donors (Lipinski definition) is 2. The van der Waals surface area contributed by atoms with Crippen molar-refractivity contribution in [3.63, 3.8) is 0 Å². The lowest BCUT2D eigenvalue weighted by molar-refractivity contribution is -0.116. The average molecular weight is 602 g/mol. The molecule has 0 saturated carbocycles. The van der Waals surface area contributed by atoms with Gasteiger partial charge in [0.15, 0.2) is 15.3 Å². The largest absolute Gasteiger partial charge is 0.465 e. The van der Waals surface area contributed by atoms with E-state index in [1.54, 1.807) is 11.0 Å². The molecular weight excluding hydrogens is 579 g/mol. The third-order valence-corrected chi connectivity index (χ3v) is 9.49. The van der Waals surface area contributed by atoms with Crippen molar-refractivity contribution in [1.82, 2.24) is 15.2 Å². The van der Waals surface area contributed by atoms with Crippen LogP contribution in [0.25, 0.3) is 11.3 Å². The predicted molar refractivity (Wildman–Crippen MR) is 158 cm³/mol. The van der Waals surface area contributed by atoms with Crippen LogP contribution >= 0.6 is 34.4 Å². The van der Waals surface area contributed by atoms with Gasteiger partial charge < -0.3 is 15.5 Å². The van der Waals surface area contributed by atoms with Crippen LogP contribution in [0, 0.1) is 18.3 Å². The zero-order chi connectivity index (χ0) is 28.5. The number of hydrogen-bond acceptors (Lipinski definition) is 12. The van der Waals surface area contributed by atoms with Gasteiger partial charge in [-0.05, 0) is 31.9 Å². The number of nitrogens with zero attached hydrogens (tertiary/aromatic N) is 5. The number of ketones is 1. The van der Waals surface area contributed by atoms with Crippen molar-refractivity contribution in [3.05, 3.63) is 82.0 Å². The van der Waals surface area contributed by atoms with Crippen molar-refractivity contribution in [3.8, 4) is 17.3 Å². The van der Waals surface area contributed by atoms with Gasteiger partial charge in [-0.25, -0.2) is 4.98 Å². The molecule has 1 aliphatic carbocycles. The van der Waals surface area contributed by atoms with Crippen LogP contribution in [0.3, 0.4) is 0 Å². The van der Waals surface area contributed by atoms with Gasteiger partial charge in [0.1, 0.15) is 17.3 Å². The second-order valence-electron chi connectivity index (χ2n) is 9.36. The van der Waals surface area contributed by atoms with E-state index in [9.17, 15) is 14.9 Å². The van der Waals surface area contributed by atoms with E-state index in [-0.39, 0.29) is 28.8 Å². The van der Waals surface area contributed by atoms with Crippen LogP contribution in [-0.2, 0) is 9.59 Å². The fourth-order valence-electron chi connectivity index (χ4n) is 4.90. The second-order valence-corrected chi connectivity index (χ2v) is 12.4. The Morgan fingerprint density at radius 2 is 2.07 bits per heavy atom. The average Bonchev–Trinajstić information content (AvgIpc) is 3.74. The summed E-state index contributed by atoms with van der Waals surface area (Å²) in [5.41, 5.74) is 9.81. The van der Waals surface area contributed by atoms with Crippen LogP contribution in [0.1, 0.15) is 36.7 Å². The molecular formula is C28H23N7O3S3. The first-order valence-corrected chi connectivity index (χ1v) is 15.4. The fourth-order valence-corrected chi connectivity index (χ4v) is 7.32. The first kappa shape index (κ1) is 26.9. The maximum Gasteiger partial charge on any atom is 0.236 e. The van der Waals surface area contributed by atoms with Crippen molar-refractivity contribution in [1.29, 1.82) is 5.26 Å². The molecule has 1 aromatic carbocycles. The minimum absolute atomic E-state index is 0.0380. The Kier molecular flexibility index (Phi) is 7.44. The summed E-state index contributed by atoms with van der Waals surface area (Å²) in [5, 5.41) is 24.4. The number of amides is 1. The first-order chi connectivity index (χ1) is 19.9. The number of thiazole rings is 1. The van der Waals surface area contributed by atoms with Gasteiger partial charge in [0, 0.05) is 28.6 Å². The standard InChI is InChI=1S/C28H23N7O3S3/c1-15-10-11-21(38-15)23-17(12-29)25(30)35(19-8-5-9-20(36)24(19)23)27-33-34-28(41-27)40-14-22(37)32-26-31-18(13-39-26)16-6-3-2-4-7-16/h2-4,6-7,10-11,13,23H,5,8-9,14,30H2,1H3,(H,31,32,37). The molecule has 1 unspecified atom stereocenters. The van der Waals surface area contributed by atoms with Gasteiger partial charge in [0.05, 0.1) is 29.0 Å². The summed E-state index contributed by atoms with van der Waals surface area (Å²) in [6.45, 7) is 1.81. The number of Topliss-reactive ketones (excluding diaryl/α,β-unsaturated/α-hetero) is 1. The summed E-state index contributed by atoms with van der Waals surface area (Å²) >= 11 is 3.84. The Morgan fingerprint density at radius 3 is 2.83 bits per heavy atom. The molecule has 6 rings (SSSR count). The first-order valence-electron chi connectivity index (χ1n) is 12.7. The lowest BCUT2D eigenvalue weighted by Gasteiger charge is -2.37. The molecule has 41 heavy (non-hydrogen) atoms. The molecule has 13 heteroatoms. The van der Waals surface area contributed by atoms with E-state index in [0.29, 0.717) is 56.7 Å². The van der Waals surface area contributed by atoms with E-state index in [2.05, 4.69) is 26.6 Å². The molecule has 0 bridgehead atoms. The molecule has 0 spiro atoms. The molecule has 1 atom stereocenters. The van der Waals surface area contributed by atoms with Crippen molar-refractivity contribution >= 4 is 56.4 Å². The number of rotatable bonds is 7. The second kappa shape index (κ2) is 11.3. The molecule has 3 aromatic heterocycles. The molecule has 4 aromatic rings. The topological polar surface area (TPSA) is 151 Å². The summed E-state index contributed by atoms with van der Waals surface area (Å²) in [5.74, 6) is 0.587. The number of nitriles is 1. The zero-order valence-electron chi connectivity index (χ0n) is 21.8. The lowest BCUT2D eigenvalue weighted by Crippen LogP contribution is -2.38. The maximum atomic E-state index is 13.2.